The van der Waals surface area contributed by atoms with Gasteiger partial charge in [0.2, 0.25) is 0 Å². The first-order valence-corrected chi connectivity index (χ1v) is 10.4. The molecule has 4 nitrogen and oxygen atoms in total. The molecule has 142 valence electrons. The van der Waals surface area contributed by atoms with Gasteiger partial charge in [0.05, 0.1) is 16.6 Å². The monoisotopic (exact) mass is 394 g/mol. The Morgan fingerprint density at radius 1 is 0.929 bits per heavy atom. The van der Waals surface area contributed by atoms with Gasteiger partial charge in [-0.1, -0.05) is 66.2 Å². The zero-order valence-corrected chi connectivity index (χ0v) is 16.1. The molecule has 3 aromatic rings. The predicted molar refractivity (Wildman–Crippen MR) is 107 cm³/mol. The van der Waals surface area contributed by atoms with Crippen LogP contribution in [-0.4, -0.2) is 18.5 Å². The summed E-state index contributed by atoms with van der Waals surface area (Å²) in [5.41, 5.74) is 2.86. The van der Waals surface area contributed by atoms with Crippen LogP contribution in [0, 0.1) is 12.7 Å². The van der Waals surface area contributed by atoms with Gasteiger partial charge in [0.1, 0.15) is 5.82 Å². The van der Waals surface area contributed by atoms with Gasteiger partial charge in [-0.3, -0.25) is 0 Å². The fraction of sp³-hybridized carbons (Fsp3) is 0.136. The van der Waals surface area contributed by atoms with E-state index in [0.29, 0.717) is 17.7 Å². The van der Waals surface area contributed by atoms with E-state index in [1.165, 1.54) is 18.2 Å². The summed E-state index contributed by atoms with van der Waals surface area (Å²) in [4.78, 5) is 0.130. The Kier molecular flexibility index (Phi) is 4.73. The Morgan fingerprint density at radius 3 is 2.25 bits per heavy atom. The molecule has 6 heteroatoms. The lowest BCUT2D eigenvalue weighted by Crippen LogP contribution is -2.27. The van der Waals surface area contributed by atoms with E-state index in [0.717, 1.165) is 15.5 Å². The summed E-state index contributed by atoms with van der Waals surface area (Å²) >= 11 is 0. The first-order chi connectivity index (χ1) is 13.5. The van der Waals surface area contributed by atoms with Gasteiger partial charge in [0.15, 0.2) is 0 Å². The highest BCUT2D eigenvalue weighted by atomic mass is 32.2. The van der Waals surface area contributed by atoms with Crippen LogP contribution in [0.15, 0.2) is 88.9 Å². The molecule has 1 aliphatic rings. The molecule has 28 heavy (non-hydrogen) atoms. The Morgan fingerprint density at radius 2 is 1.57 bits per heavy atom. The minimum Gasteiger partial charge on any atom is -0.207 e. The number of sulfonamides is 1. The Bertz CT molecular complexity index is 1130. The van der Waals surface area contributed by atoms with Gasteiger partial charge < -0.3 is 0 Å². The van der Waals surface area contributed by atoms with Crippen LogP contribution in [0.2, 0.25) is 0 Å². The standard InChI is InChI=1S/C22H19FN2O2S/c1-16-11-13-17(14-12-16)21-15-22(19-9-5-6-10-20(19)23)25(24-21)28(26,27)18-7-3-2-4-8-18/h2-14,22H,15H2,1H3. The van der Waals surface area contributed by atoms with E-state index >= 15 is 0 Å². The minimum absolute atomic E-state index is 0.130. The predicted octanol–water partition coefficient (Wildman–Crippen LogP) is 4.67. The normalized spacial score (nSPS) is 16.9. The molecule has 0 fully saturated rings. The quantitative estimate of drug-likeness (QED) is 0.645. The average Bonchev–Trinajstić information content (AvgIpc) is 3.15. The molecule has 0 aromatic heterocycles. The molecule has 0 aliphatic carbocycles. The highest BCUT2D eigenvalue weighted by Gasteiger charge is 2.38. The summed E-state index contributed by atoms with van der Waals surface area (Å²) in [7, 11) is -3.92. The fourth-order valence-corrected chi connectivity index (χ4v) is 4.75. The molecule has 0 saturated carbocycles. The summed E-state index contributed by atoms with van der Waals surface area (Å²) < 4.78 is 42.1. The van der Waals surface area contributed by atoms with Crippen LogP contribution >= 0.6 is 0 Å². The first kappa shape index (κ1) is 18.4. The molecule has 1 heterocycles. The summed E-state index contributed by atoms with van der Waals surface area (Å²) in [5, 5.41) is 4.43. The van der Waals surface area contributed by atoms with Crippen molar-refractivity contribution in [3.05, 3.63) is 101 Å². The molecular formula is C22H19FN2O2S. The van der Waals surface area contributed by atoms with Crippen LogP contribution in [0.1, 0.15) is 29.2 Å². The molecule has 0 spiro atoms. The molecule has 1 unspecified atom stereocenters. The number of hydrazone groups is 1. The van der Waals surface area contributed by atoms with Crippen molar-refractivity contribution in [1.82, 2.24) is 4.41 Å². The molecule has 1 atom stereocenters. The highest BCUT2D eigenvalue weighted by Crippen LogP contribution is 2.38. The molecule has 0 bridgehead atoms. The Hall–Kier alpha value is -2.99. The topological polar surface area (TPSA) is 49.7 Å². The van der Waals surface area contributed by atoms with Crippen molar-refractivity contribution < 1.29 is 12.8 Å². The van der Waals surface area contributed by atoms with Gasteiger partial charge in [0, 0.05) is 12.0 Å². The summed E-state index contributed by atoms with van der Waals surface area (Å²) in [6.45, 7) is 1.98. The maximum atomic E-state index is 14.5. The third-order valence-electron chi connectivity index (χ3n) is 4.81. The van der Waals surface area contributed by atoms with Crippen molar-refractivity contribution >= 4 is 15.7 Å². The van der Waals surface area contributed by atoms with Crippen molar-refractivity contribution in [1.29, 1.82) is 0 Å². The maximum absolute atomic E-state index is 14.5. The highest BCUT2D eigenvalue weighted by molar-refractivity contribution is 7.89. The van der Waals surface area contributed by atoms with E-state index in [2.05, 4.69) is 5.10 Å². The smallest absolute Gasteiger partial charge is 0.207 e. The number of aryl methyl sites for hydroxylation is 1. The third kappa shape index (κ3) is 3.31. The second kappa shape index (κ2) is 7.20. The van der Waals surface area contributed by atoms with E-state index in [-0.39, 0.29) is 4.90 Å². The number of hydrogen-bond donors (Lipinski definition) is 0. The van der Waals surface area contributed by atoms with Crippen LogP contribution in [0.3, 0.4) is 0 Å². The lowest BCUT2D eigenvalue weighted by atomic mass is 9.98. The number of rotatable bonds is 4. The second-order valence-electron chi connectivity index (χ2n) is 6.74. The third-order valence-corrected chi connectivity index (χ3v) is 6.51. The lowest BCUT2D eigenvalue weighted by Gasteiger charge is -2.23. The fourth-order valence-electron chi connectivity index (χ4n) is 3.31. The van der Waals surface area contributed by atoms with Gasteiger partial charge in [-0.05, 0) is 30.7 Å². The van der Waals surface area contributed by atoms with E-state index < -0.39 is 21.9 Å². The van der Waals surface area contributed by atoms with Gasteiger partial charge in [-0.2, -0.15) is 17.9 Å². The maximum Gasteiger partial charge on any atom is 0.279 e. The van der Waals surface area contributed by atoms with Crippen LogP contribution in [0.4, 0.5) is 4.39 Å². The van der Waals surface area contributed by atoms with Crippen molar-refractivity contribution in [2.75, 3.05) is 0 Å². The van der Waals surface area contributed by atoms with Crippen molar-refractivity contribution in [3.8, 4) is 0 Å². The van der Waals surface area contributed by atoms with E-state index in [4.69, 9.17) is 0 Å². The lowest BCUT2D eigenvalue weighted by molar-refractivity contribution is 0.362. The molecule has 0 amide bonds. The minimum atomic E-state index is -3.92. The number of hydrogen-bond acceptors (Lipinski definition) is 3. The van der Waals surface area contributed by atoms with Gasteiger partial charge in [-0.15, -0.1) is 0 Å². The Balaban J connectivity index is 1.82. The molecule has 3 aromatic carbocycles. The van der Waals surface area contributed by atoms with Crippen molar-refractivity contribution in [3.63, 3.8) is 0 Å². The largest absolute Gasteiger partial charge is 0.279 e. The molecule has 0 radical (unpaired) electrons. The first-order valence-electron chi connectivity index (χ1n) is 8.95. The van der Waals surface area contributed by atoms with E-state index in [1.807, 2.05) is 31.2 Å². The summed E-state index contributed by atoms with van der Waals surface area (Å²) in [5.74, 6) is -0.443. The van der Waals surface area contributed by atoms with Crippen LogP contribution in [0.5, 0.6) is 0 Å². The molecule has 0 N–H and O–H groups in total. The zero-order valence-electron chi connectivity index (χ0n) is 15.3. The molecule has 4 rings (SSSR count). The summed E-state index contributed by atoms with van der Waals surface area (Å²) in [6.07, 6.45) is 0.302. The van der Waals surface area contributed by atoms with Gasteiger partial charge >= 0.3 is 0 Å². The van der Waals surface area contributed by atoms with Crippen LogP contribution in [0.25, 0.3) is 0 Å². The van der Waals surface area contributed by atoms with Crippen molar-refractivity contribution in [2.24, 2.45) is 5.10 Å². The Labute approximate surface area is 164 Å². The SMILES string of the molecule is Cc1ccc(C2=NN(S(=O)(=O)c3ccccc3)C(c3ccccc3F)C2)cc1. The summed E-state index contributed by atoms with van der Waals surface area (Å²) in [6, 6.07) is 21.3. The van der Waals surface area contributed by atoms with Gasteiger partial charge in [0.25, 0.3) is 10.0 Å². The number of benzene rings is 3. The van der Waals surface area contributed by atoms with E-state index in [1.54, 1.807) is 36.4 Å². The number of halogens is 1. The number of nitrogens with zero attached hydrogens (tertiary/aromatic N) is 2. The molecule has 0 saturated heterocycles. The van der Waals surface area contributed by atoms with Crippen LogP contribution in [-0.2, 0) is 10.0 Å². The van der Waals surface area contributed by atoms with Crippen LogP contribution < -0.4 is 0 Å². The average molecular weight is 394 g/mol. The molecular weight excluding hydrogens is 375 g/mol. The van der Waals surface area contributed by atoms with Crippen molar-refractivity contribution in [2.45, 2.75) is 24.3 Å². The van der Waals surface area contributed by atoms with E-state index in [9.17, 15) is 12.8 Å². The zero-order chi connectivity index (χ0) is 19.7. The second-order valence-corrected chi connectivity index (χ2v) is 8.54. The molecule has 1 aliphatic heterocycles. The van der Waals surface area contributed by atoms with Gasteiger partial charge in [-0.25, -0.2) is 4.39 Å².